The molecule has 0 amide bonds. The number of rotatable bonds is 2. The van der Waals surface area contributed by atoms with E-state index in [0.29, 0.717) is 10.00 Å². The van der Waals surface area contributed by atoms with Gasteiger partial charge in [-0.1, -0.05) is 12.8 Å². The van der Waals surface area contributed by atoms with Gasteiger partial charge in [-0.15, -0.1) is 23.5 Å². The predicted molar refractivity (Wildman–Crippen MR) is 65.8 cm³/mol. The van der Waals surface area contributed by atoms with Gasteiger partial charge in [0.2, 0.25) is 0 Å². The first kappa shape index (κ1) is 11.2. The summed E-state index contributed by atoms with van der Waals surface area (Å²) in [5.41, 5.74) is 0. The fourth-order valence-corrected chi connectivity index (χ4v) is 5.85. The van der Waals surface area contributed by atoms with Crippen LogP contribution in [0.3, 0.4) is 0 Å². The first-order valence-electron chi connectivity index (χ1n) is 5.52. The molecule has 0 heterocycles. The van der Waals surface area contributed by atoms with Crippen LogP contribution in [0.15, 0.2) is 0 Å². The second-order valence-corrected chi connectivity index (χ2v) is 7.08. The maximum absolute atomic E-state index is 10.1. The lowest BCUT2D eigenvalue weighted by Crippen LogP contribution is -2.30. The molecule has 0 aromatic carbocycles. The Balaban J connectivity index is 2.20. The quantitative estimate of drug-likeness (QED) is 0.739. The summed E-state index contributed by atoms with van der Waals surface area (Å²) in [4.78, 5) is 0. The third-order valence-electron chi connectivity index (χ3n) is 4.06. The van der Waals surface area contributed by atoms with Crippen molar-refractivity contribution >= 4 is 23.5 Å². The number of aliphatic hydroxyl groups is 1. The van der Waals surface area contributed by atoms with Gasteiger partial charge in [-0.05, 0) is 43.6 Å². The smallest absolute Gasteiger partial charge is 0.0661 e. The highest BCUT2D eigenvalue weighted by molar-refractivity contribution is 8.17. The van der Waals surface area contributed by atoms with E-state index in [0.717, 1.165) is 12.3 Å². The van der Waals surface area contributed by atoms with Crippen molar-refractivity contribution in [2.45, 2.75) is 42.3 Å². The zero-order chi connectivity index (χ0) is 10.2. The summed E-state index contributed by atoms with van der Waals surface area (Å²) in [6.07, 6.45) is 10.7. The zero-order valence-electron chi connectivity index (χ0n) is 9.03. The maximum Gasteiger partial charge on any atom is 0.0661 e. The lowest BCUT2D eigenvalue weighted by atomic mass is 9.81. The molecule has 1 N–H and O–H groups in total. The highest BCUT2D eigenvalue weighted by Gasteiger charge is 2.52. The summed E-state index contributed by atoms with van der Waals surface area (Å²) < 4.78 is 0.324. The predicted octanol–water partition coefficient (Wildman–Crippen LogP) is 2.98. The van der Waals surface area contributed by atoms with Crippen molar-refractivity contribution in [3.05, 3.63) is 0 Å². The molecular weight excluding hydrogens is 212 g/mol. The van der Waals surface area contributed by atoms with E-state index in [1.807, 2.05) is 23.5 Å². The molecule has 3 atom stereocenters. The second-order valence-electron chi connectivity index (χ2n) is 4.55. The number of thioether (sulfide) groups is 2. The molecule has 2 rings (SSSR count). The highest BCUT2D eigenvalue weighted by Crippen LogP contribution is 2.58. The highest BCUT2D eigenvalue weighted by atomic mass is 32.2. The van der Waals surface area contributed by atoms with Gasteiger partial charge in [0.05, 0.1) is 10.2 Å². The van der Waals surface area contributed by atoms with Crippen LogP contribution in [0.1, 0.15) is 32.1 Å². The van der Waals surface area contributed by atoms with Gasteiger partial charge in [0.1, 0.15) is 0 Å². The first-order chi connectivity index (χ1) is 6.73. The van der Waals surface area contributed by atoms with Crippen molar-refractivity contribution in [3.8, 4) is 0 Å². The van der Waals surface area contributed by atoms with Crippen molar-refractivity contribution in [1.82, 2.24) is 0 Å². The van der Waals surface area contributed by atoms with Crippen molar-refractivity contribution in [2.75, 3.05) is 12.5 Å². The summed E-state index contributed by atoms with van der Waals surface area (Å²) in [5, 5.41) is 10.1. The third-order valence-corrected chi connectivity index (χ3v) is 7.38. The molecule has 0 spiro atoms. The van der Waals surface area contributed by atoms with Crippen LogP contribution in [0.2, 0.25) is 0 Å². The van der Waals surface area contributed by atoms with Crippen LogP contribution in [0.25, 0.3) is 0 Å². The second kappa shape index (κ2) is 4.26. The Bertz CT molecular complexity index is 203. The molecule has 1 nitrogen and oxygen atoms in total. The molecule has 2 saturated carbocycles. The standard InChI is InChI=1S/C11H20OS2/c1-13-11(14-2)7-10(12)8-5-3-4-6-9(8)11/h8-10,12H,3-7H2,1-2H3/t8-,9+,10-/m0/s1. The molecule has 0 aromatic rings. The van der Waals surface area contributed by atoms with E-state index in [1.165, 1.54) is 25.7 Å². The minimum Gasteiger partial charge on any atom is -0.393 e. The molecule has 0 aliphatic heterocycles. The minimum absolute atomic E-state index is 0.0276. The fourth-order valence-electron chi connectivity index (χ4n) is 3.31. The summed E-state index contributed by atoms with van der Waals surface area (Å²) in [6.45, 7) is 0. The molecule has 3 heteroatoms. The van der Waals surface area contributed by atoms with Crippen LogP contribution in [0.4, 0.5) is 0 Å². The molecule has 0 radical (unpaired) electrons. The van der Waals surface area contributed by atoms with E-state index < -0.39 is 0 Å². The van der Waals surface area contributed by atoms with E-state index >= 15 is 0 Å². The summed E-state index contributed by atoms with van der Waals surface area (Å²) in [6, 6.07) is 0. The number of hydrogen-bond donors (Lipinski definition) is 1. The lowest BCUT2D eigenvalue weighted by molar-refractivity contribution is 0.0962. The summed E-state index contributed by atoms with van der Waals surface area (Å²) in [7, 11) is 0. The Hall–Kier alpha value is 0.660. The van der Waals surface area contributed by atoms with Gasteiger partial charge >= 0.3 is 0 Å². The molecule has 2 aliphatic rings. The van der Waals surface area contributed by atoms with Crippen LogP contribution in [-0.2, 0) is 0 Å². The largest absolute Gasteiger partial charge is 0.393 e. The Kier molecular flexibility index (Phi) is 3.40. The fraction of sp³-hybridized carbons (Fsp3) is 1.00. The van der Waals surface area contributed by atoms with Crippen LogP contribution >= 0.6 is 23.5 Å². The van der Waals surface area contributed by atoms with E-state index in [9.17, 15) is 5.11 Å². The zero-order valence-corrected chi connectivity index (χ0v) is 10.7. The van der Waals surface area contributed by atoms with Crippen molar-refractivity contribution in [2.24, 2.45) is 11.8 Å². The normalized spacial score (nSPS) is 40.9. The van der Waals surface area contributed by atoms with Gasteiger partial charge in [0, 0.05) is 0 Å². The topological polar surface area (TPSA) is 20.2 Å². The summed E-state index contributed by atoms with van der Waals surface area (Å²) in [5.74, 6) is 1.36. The number of fused-ring (bicyclic) bond motifs is 1. The molecular formula is C11H20OS2. The molecule has 0 aromatic heterocycles. The minimum atomic E-state index is -0.0276. The Morgan fingerprint density at radius 1 is 1.14 bits per heavy atom. The van der Waals surface area contributed by atoms with Gasteiger partial charge in [-0.3, -0.25) is 0 Å². The maximum atomic E-state index is 10.1. The van der Waals surface area contributed by atoms with Gasteiger partial charge in [0.15, 0.2) is 0 Å². The van der Waals surface area contributed by atoms with E-state index in [4.69, 9.17) is 0 Å². The summed E-state index contributed by atoms with van der Waals surface area (Å²) >= 11 is 3.94. The van der Waals surface area contributed by atoms with E-state index in [2.05, 4.69) is 12.5 Å². The van der Waals surface area contributed by atoms with Gasteiger partial charge < -0.3 is 5.11 Å². The molecule has 2 fully saturated rings. The molecule has 14 heavy (non-hydrogen) atoms. The Labute approximate surface area is 95.4 Å². The van der Waals surface area contributed by atoms with Gasteiger partial charge in [0.25, 0.3) is 0 Å². The Morgan fingerprint density at radius 2 is 1.79 bits per heavy atom. The lowest BCUT2D eigenvalue weighted by Gasteiger charge is -2.36. The third kappa shape index (κ3) is 1.61. The average molecular weight is 232 g/mol. The van der Waals surface area contributed by atoms with Crippen LogP contribution in [-0.4, -0.2) is 27.8 Å². The van der Waals surface area contributed by atoms with Gasteiger partial charge in [-0.2, -0.15) is 0 Å². The molecule has 0 bridgehead atoms. The SMILES string of the molecule is CSC1(SC)C[C@H](O)[C@H]2CCCC[C@H]21. The number of aliphatic hydroxyl groups excluding tert-OH is 1. The van der Waals surface area contributed by atoms with Crippen LogP contribution < -0.4 is 0 Å². The molecule has 0 saturated heterocycles. The average Bonchev–Trinajstić information content (AvgIpc) is 2.53. The number of hydrogen-bond acceptors (Lipinski definition) is 3. The molecule has 2 aliphatic carbocycles. The van der Waals surface area contributed by atoms with Crippen molar-refractivity contribution in [1.29, 1.82) is 0 Å². The Morgan fingerprint density at radius 3 is 2.43 bits per heavy atom. The monoisotopic (exact) mass is 232 g/mol. The van der Waals surface area contributed by atoms with E-state index in [1.54, 1.807) is 0 Å². The van der Waals surface area contributed by atoms with Crippen LogP contribution in [0, 0.1) is 11.8 Å². The van der Waals surface area contributed by atoms with E-state index in [-0.39, 0.29) is 6.10 Å². The van der Waals surface area contributed by atoms with Crippen molar-refractivity contribution in [3.63, 3.8) is 0 Å². The van der Waals surface area contributed by atoms with Gasteiger partial charge in [-0.25, -0.2) is 0 Å². The van der Waals surface area contributed by atoms with Crippen LogP contribution in [0.5, 0.6) is 0 Å². The molecule has 0 unspecified atom stereocenters. The van der Waals surface area contributed by atoms with Crippen molar-refractivity contribution < 1.29 is 5.11 Å². The molecule has 82 valence electrons. The first-order valence-corrected chi connectivity index (χ1v) is 7.97.